The second-order valence-electron chi connectivity index (χ2n) is 3.38. The number of nitrogens with zero attached hydrogens (tertiary/aromatic N) is 2. The Labute approximate surface area is 105 Å². The minimum atomic E-state index is 0. The summed E-state index contributed by atoms with van der Waals surface area (Å²) in [6.07, 6.45) is 8.17. The molecule has 0 unspecified atom stereocenters. The van der Waals surface area contributed by atoms with Crippen LogP contribution in [0.4, 0.5) is 5.69 Å². The molecule has 2 nitrogen and oxygen atoms in total. The van der Waals surface area contributed by atoms with Gasteiger partial charge in [0.25, 0.3) is 0 Å². The molecule has 0 saturated carbocycles. The van der Waals surface area contributed by atoms with E-state index in [1.54, 1.807) is 0 Å². The van der Waals surface area contributed by atoms with E-state index in [0.717, 1.165) is 17.4 Å². The van der Waals surface area contributed by atoms with Crippen molar-refractivity contribution in [2.24, 2.45) is 4.99 Å². The van der Waals surface area contributed by atoms with E-state index in [4.69, 9.17) is 0 Å². The summed E-state index contributed by atoms with van der Waals surface area (Å²) >= 11 is 1.82. The zero-order valence-electron chi connectivity index (χ0n) is 8.54. The predicted molar refractivity (Wildman–Crippen MR) is 71.6 cm³/mol. The summed E-state index contributed by atoms with van der Waals surface area (Å²) in [7, 11) is 0. The van der Waals surface area contributed by atoms with Crippen LogP contribution in [-0.2, 0) is 0 Å². The number of allylic oxidation sites excluding steroid dienone is 2. The van der Waals surface area contributed by atoms with Gasteiger partial charge in [0.1, 0.15) is 5.84 Å². The molecular formula is C12H11ClN2S. The Morgan fingerprint density at radius 2 is 2.06 bits per heavy atom. The van der Waals surface area contributed by atoms with Crippen LogP contribution in [0.5, 0.6) is 0 Å². The number of aliphatic imine (C=N–C) groups is 1. The van der Waals surface area contributed by atoms with Crippen LogP contribution in [0.1, 0.15) is 0 Å². The summed E-state index contributed by atoms with van der Waals surface area (Å²) in [6.45, 7) is 0. The molecule has 16 heavy (non-hydrogen) atoms. The van der Waals surface area contributed by atoms with Crippen molar-refractivity contribution in [1.82, 2.24) is 4.90 Å². The van der Waals surface area contributed by atoms with Gasteiger partial charge in [-0.15, -0.1) is 24.2 Å². The molecule has 0 atom stereocenters. The molecule has 2 aliphatic rings. The Bertz CT molecular complexity index is 480. The van der Waals surface area contributed by atoms with Crippen molar-refractivity contribution in [3.05, 3.63) is 48.7 Å². The zero-order chi connectivity index (χ0) is 10.1. The summed E-state index contributed by atoms with van der Waals surface area (Å²) in [5.74, 6) is 1.95. The number of fused-ring (bicyclic) bond motifs is 2. The third-order valence-electron chi connectivity index (χ3n) is 2.38. The predicted octanol–water partition coefficient (Wildman–Crippen LogP) is 3.59. The lowest BCUT2D eigenvalue weighted by Crippen LogP contribution is -2.23. The van der Waals surface area contributed by atoms with Crippen molar-refractivity contribution in [2.45, 2.75) is 4.90 Å². The van der Waals surface area contributed by atoms with Crippen molar-refractivity contribution in [3.8, 4) is 0 Å². The van der Waals surface area contributed by atoms with Crippen LogP contribution in [0.25, 0.3) is 0 Å². The average Bonchev–Trinajstić information content (AvgIpc) is 2.48. The first kappa shape index (κ1) is 11.3. The maximum atomic E-state index is 4.64. The largest absolute Gasteiger partial charge is 0.323 e. The van der Waals surface area contributed by atoms with E-state index >= 15 is 0 Å². The second-order valence-corrected chi connectivity index (χ2v) is 4.37. The number of rotatable bonds is 0. The molecule has 3 rings (SSSR count). The zero-order valence-corrected chi connectivity index (χ0v) is 10.2. The quantitative estimate of drug-likeness (QED) is 0.699. The van der Waals surface area contributed by atoms with E-state index in [9.17, 15) is 0 Å². The third-order valence-corrected chi connectivity index (χ3v) is 3.44. The van der Waals surface area contributed by atoms with E-state index in [1.165, 1.54) is 4.90 Å². The van der Waals surface area contributed by atoms with Gasteiger partial charge in [-0.2, -0.15) is 0 Å². The summed E-state index contributed by atoms with van der Waals surface area (Å²) < 4.78 is 0. The number of para-hydroxylation sites is 1. The molecule has 0 fully saturated rings. The molecule has 82 valence electrons. The lowest BCUT2D eigenvalue weighted by molar-refractivity contribution is 0.665. The van der Waals surface area contributed by atoms with Crippen LogP contribution in [0, 0.1) is 0 Å². The molecule has 4 heteroatoms. The molecular weight excluding hydrogens is 240 g/mol. The maximum Gasteiger partial charge on any atom is 0.133 e. The number of benzene rings is 1. The smallest absolute Gasteiger partial charge is 0.133 e. The Balaban J connectivity index is 0.000000963. The summed E-state index contributed by atoms with van der Waals surface area (Å²) in [4.78, 5) is 8.05. The highest BCUT2D eigenvalue weighted by atomic mass is 35.5. The SMILES string of the molecule is C1=CC2=Nc3ccccc3SCN2C=C1.Cl. The highest BCUT2D eigenvalue weighted by Gasteiger charge is 2.14. The molecule has 1 aromatic carbocycles. The monoisotopic (exact) mass is 250 g/mol. The molecule has 2 heterocycles. The number of amidine groups is 1. The summed E-state index contributed by atoms with van der Waals surface area (Å²) in [5.41, 5.74) is 1.07. The lowest BCUT2D eigenvalue weighted by atomic mass is 10.3. The molecule has 0 spiro atoms. The van der Waals surface area contributed by atoms with Gasteiger partial charge in [0.15, 0.2) is 0 Å². The first-order valence-electron chi connectivity index (χ1n) is 4.85. The molecule has 0 saturated heterocycles. The van der Waals surface area contributed by atoms with Gasteiger partial charge in [-0.25, -0.2) is 4.99 Å². The lowest BCUT2D eigenvalue weighted by Gasteiger charge is -2.19. The normalized spacial score (nSPS) is 16.8. The summed E-state index contributed by atoms with van der Waals surface area (Å²) in [5, 5.41) is 0. The molecule has 0 radical (unpaired) electrons. The first-order chi connectivity index (χ1) is 7.43. The maximum absolute atomic E-state index is 4.64. The topological polar surface area (TPSA) is 15.6 Å². The van der Waals surface area contributed by atoms with Crippen LogP contribution < -0.4 is 0 Å². The number of hydrogen-bond acceptors (Lipinski definition) is 3. The van der Waals surface area contributed by atoms with Gasteiger partial charge in [-0.1, -0.05) is 18.2 Å². The van der Waals surface area contributed by atoms with Gasteiger partial charge in [0, 0.05) is 11.1 Å². The molecule has 0 bridgehead atoms. The third kappa shape index (κ3) is 2.01. The molecule has 0 amide bonds. The fourth-order valence-corrected chi connectivity index (χ4v) is 2.54. The van der Waals surface area contributed by atoms with Crippen LogP contribution in [-0.4, -0.2) is 16.6 Å². The van der Waals surface area contributed by atoms with Crippen molar-refractivity contribution in [1.29, 1.82) is 0 Å². The van der Waals surface area contributed by atoms with Crippen molar-refractivity contribution >= 4 is 35.7 Å². The van der Waals surface area contributed by atoms with Gasteiger partial charge < -0.3 is 4.90 Å². The van der Waals surface area contributed by atoms with Gasteiger partial charge in [0.05, 0.1) is 11.6 Å². The van der Waals surface area contributed by atoms with E-state index < -0.39 is 0 Å². The van der Waals surface area contributed by atoms with E-state index in [0.29, 0.717) is 0 Å². The van der Waals surface area contributed by atoms with E-state index in [-0.39, 0.29) is 12.4 Å². The van der Waals surface area contributed by atoms with E-state index in [1.807, 2.05) is 36.1 Å². The number of hydrogen-bond donors (Lipinski definition) is 0. The van der Waals surface area contributed by atoms with Gasteiger partial charge in [-0.05, 0) is 24.3 Å². The molecule has 0 aromatic heterocycles. The van der Waals surface area contributed by atoms with Crippen LogP contribution in [0.3, 0.4) is 0 Å². The second kappa shape index (κ2) is 4.76. The van der Waals surface area contributed by atoms with Crippen LogP contribution in [0.2, 0.25) is 0 Å². The molecule has 0 aliphatic carbocycles. The molecule has 2 aliphatic heterocycles. The average molecular weight is 251 g/mol. The van der Waals surface area contributed by atoms with Gasteiger partial charge in [0.2, 0.25) is 0 Å². The molecule has 0 N–H and O–H groups in total. The minimum absolute atomic E-state index is 0. The Hall–Kier alpha value is -1.19. The molecule has 1 aromatic rings. The van der Waals surface area contributed by atoms with Crippen LogP contribution >= 0.6 is 24.2 Å². The van der Waals surface area contributed by atoms with Crippen molar-refractivity contribution in [2.75, 3.05) is 5.88 Å². The Morgan fingerprint density at radius 1 is 1.19 bits per heavy atom. The van der Waals surface area contributed by atoms with E-state index in [2.05, 4.69) is 34.3 Å². The van der Waals surface area contributed by atoms with Crippen molar-refractivity contribution < 1.29 is 0 Å². The highest BCUT2D eigenvalue weighted by molar-refractivity contribution is 7.99. The number of halogens is 1. The Morgan fingerprint density at radius 3 is 3.00 bits per heavy atom. The number of thioether (sulfide) groups is 1. The minimum Gasteiger partial charge on any atom is -0.323 e. The fourth-order valence-electron chi connectivity index (χ4n) is 1.61. The van der Waals surface area contributed by atoms with Crippen LogP contribution in [0.15, 0.2) is 58.6 Å². The van der Waals surface area contributed by atoms with Gasteiger partial charge >= 0.3 is 0 Å². The standard InChI is InChI=1S/C12H10N2S.ClH/c1-2-6-11-10(5-1)13-12-7-3-4-8-14(12)9-15-11;/h1-8H,9H2;1H. The van der Waals surface area contributed by atoms with Crippen molar-refractivity contribution in [3.63, 3.8) is 0 Å². The fraction of sp³-hybridized carbons (Fsp3) is 0.0833. The summed E-state index contributed by atoms with van der Waals surface area (Å²) in [6, 6.07) is 8.27. The van der Waals surface area contributed by atoms with Gasteiger partial charge in [-0.3, -0.25) is 0 Å². The first-order valence-corrected chi connectivity index (χ1v) is 5.84. The Kier molecular flexibility index (Phi) is 3.36. The highest BCUT2D eigenvalue weighted by Crippen LogP contribution is 2.33.